The molecule has 0 aliphatic heterocycles. The highest BCUT2D eigenvalue weighted by Crippen LogP contribution is 2.38. The van der Waals surface area contributed by atoms with Gasteiger partial charge in [-0.05, 0) is 49.4 Å². The normalized spacial score (nSPS) is 10.9. The highest BCUT2D eigenvalue weighted by molar-refractivity contribution is 5.81. The van der Waals surface area contributed by atoms with E-state index in [-0.39, 0.29) is 17.3 Å². The maximum atomic E-state index is 12.1. The number of aromatic hydroxyl groups is 3. The number of aromatic amines is 1. The molecule has 2 aromatic heterocycles. The summed E-state index contributed by atoms with van der Waals surface area (Å²) >= 11 is 0. The van der Waals surface area contributed by atoms with E-state index in [4.69, 9.17) is 9.15 Å². The van der Waals surface area contributed by atoms with Crippen LogP contribution in [0.3, 0.4) is 0 Å². The Kier molecular flexibility index (Phi) is 4.67. The quantitative estimate of drug-likeness (QED) is 0.379. The molecule has 2 aromatic carbocycles. The Labute approximate surface area is 170 Å². The smallest absolute Gasteiger partial charge is 0.227 e. The van der Waals surface area contributed by atoms with Crippen LogP contribution in [0.4, 0.5) is 0 Å². The highest BCUT2D eigenvalue weighted by atomic mass is 16.5. The van der Waals surface area contributed by atoms with Crippen LogP contribution in [0.25, 0.3) is 34.1 Å². The monoisotopic (exact) mass is 406 g/mol. The van der Waals surface area contributed by atoms with Crippen molar-refractivity contribution in [3.05, 3.63) is 64.5 Å². The number of ether oxygens (including phenoxy) is 1. The van der Waals surface area contributed by atoms with Crippen molar-refractivity contribution in [2.75, 3.05) is 7.11 Å². The number of phenols is 2. The lowest BCUT2D eigenvalue weighted by atomic mass is 10.1. The van der Waals surface area contributed by atoms with Gasteiger partial charge in [0.1, 0.15) is 28.7 Å². The van der Waals surface area contributed by atoms with Crippen LogP contribution in [0.5, 0.6) is 23.0 Å². The van der Waals surface area contributed by atoms with Crippen molar-refractivity contribution in [2.45, 2.75) is 6.92 Å². The standard InChI is InChI=1S/C22H18N2O6/c1-11-9-17(27)20(28)21(30-11)19-18(12-3-6-14(29-2)7-4-12)23-22(24-19)13-5-8-15(25)16(26)10-13/h3-10,25-26,28H,1-2H3,(H,23,24). The molecule has 4 N–H and O–H groups in total. The summed E-state index contributed by atoms with van der Waals surface area (Å²) in [4.78, 5) is 19.7. The summed E-state index contributed by atoms with van der Waals surface area (Å²) in [5.74, 6) is 0.169. The molecule has 0 spiro atoms. The SMILES string of the molecule is COc1ccc(-c2nc(-c3ccc(O)c(O)c3)[nH]c2-c2oc(C)cc(=O)c2O)cc1. The fourth-order valence-corrected chi connectivity index (χ4v) is 3.08. The molecule has 0 fully saturated rings. The van der Waals surface area contributed by atoms with Gasteiger partial charge in [-0.2, -0.15) is 0 Å². The van der Waals surface area contributed by atoms with Gasteiger partial charge in [-0.15, -0.1) is 0 Å². The number of benzene rings is 2. The zero-order chi connectivity index (χ0) is 21.4. The molecule has 0 radical (unpaired) electrons. The average molecular weight is 406 g/mol. The van der Waals surface area contributed by atoms with E-state index in [1.807, 2.05) is 0 Å². The van der Waals surface area contributed by atoms with Gasteiger partial charge >= 0.3 is 0 Å². The Morgan fingerprint density at radius 2 is 1.67 bits per heavy atom. The molecule has 0 aliphatic rings. The predicted octanol–water partition coefficient (Wildman–Crippen LogP) is 3.80. The first-order chi connectivity index (χ1) is 14.4. The van der Waals surface area contributed by atoms with Crippen molar-refractivity contribution in [3.63, 3.8) is 0 Å². The lowest BCUT2D eigenvalue weighted by Gasteiger charge is -2.06. The first-order valence-electron chi connectivity index (χ1n) is 8.98. The lowest BCUT2D eigenvalue weighted by Crippen LogP contribution is -2.01. The fraction of sp³-hybridized carbons (Fsp3) is 0.0909. The Bertz CT molecular complexity index is 1290. The molecule has 4 aromatic rings. The highest BCUT2D eigenvalue weighted by Gasteiger charge is 2.22. The number of aromatic nitrogens is 2. The molecule has 0 aliphatic carbocycles. The van der Waals surface area contributed by atoms with E-state index in [2.05, 4.69) is 9.97 Å². The Balaban J connectivity index is 1.96. The third-order valence-corrected chi connectivity index (χ3v) is 4.59. The van der Waals surface area contributed by atoms with E-state index in [0.717, 1.165) is 0 Å². The number of aryl methyl sites for hydroxylation is 1. The van der Waals surface area contributed by atoms with Crippen LogP contribution in [-0.2, 0) is 0 Å². The molecular weight excluding hydrogens is 388 g/mol. The molecule has 152 valence electrons. The molecule has 0 saturated heterocycles. The van der Waals surface area contributed by atoms with Crippen molar-refractivity contribution < 1.29 is 24.5 Å². The van der Waals surface area contributed by atoms with Crippen LogP contribution >= 0.6 is 0 Å². The second-order valence-corrected chi connectivity index (χ2v) is 6.64. The van der Waals surface area contributed by atoms with E-state index in [1.54, 1.807) is 44.4 Å². The van der Waals surface area contributed by atoms with Crippen LogP contribution in [-0.4, -0.2) is 32.4 Å². The van der Waals surface area contributed by atoms with Gasteiger partial charge in [0, 0.05) is 17.2 Å². The van der Waals surface area contributed by atoms with E-state index in [1.165, 1.54) is 18.2 Å². The minimum Gasteiger partial charge on any atom is -0.504 e. The van der Waals surface area contributed by atoms with Gasteiger partial charge in [-0.1, -0.05) is 0 Å². The molecular formula is C22H18N2O6. The van der Waals surface area contributed by atoms with Gasteiger partial charge in [-0.25, -0.2) is 4.98 Å². The van der Waals surface area contributed by atoms with E-state index >= 15 is 0 Å². The van der Waals surface area contributed by atoms with Crippen molar-refractivity contribution >= 4 is 0 Å². The lowest BCUT2D eigenvalue weighted by molar-refractivity contribution is 0.404. The third kappa shape index (κ3) is 3.35. The zero-order valence-corrected chi connectivity index (χ0v) is 16.1. The summed E-state index contributed by atoms with van der Waals surface area (Å²) in [6.07, 6.45) is 0. The summed E-state index contributed by atoms with van der Waals surface area (Å²) in [5, 5.41) is 29.8. The number of hydrogen-bond donors (Lipinski definition) is 4. The molecule has 8 nitrogen and oxygen atoms in total. The van der Waals surface area contributed by atoms with Gasteiger partial charge in [0.2, 0.25) is 11.2 Å². The van der Waals surface area contributed by atoms with Crippen LogP contribution < -0.4 is 10.2 Å². The van der Waals surface area contributed by atoms with Crippen molar-refractivity contribution in [1.29, 1.82) is 0 Å². The number of hydrogen-bond acceptors (Lipinski definition) is 7. The largest absolute Gasteiger partial charge is 0.504 e. The third-order valence-electron chi connectivity index (χ3n) is 4.59. The molecule has 4 rings (SSSR count). The predicted molar refractivity (Wildman–Crippen MR) is 110 cm³/mol. The second kappa shape index (κ2) is 7.32. The number of H-pyrrole nitrogens is 1. The Morgan fingerprint density at radius 1 is 0.967 bits per heavy atom. The number of nitrogens with zero attached hydrogens (tertiary/aromatic N) is 1. The Morgan fingerprint density at radius 3 is 2.33 bits per heavy atom. The van der Waals surface area contributed by atoms with Gasteiger partial charge in [-0.3, -0.25) is 4.79 Å². The maximum absolute atomic E-state index is 12.1. The van der Waals surface area contributed by atoms with E-state index in [9.17, 15) is 20.1 Å². The van der Waals surface area contributed by atoms with Gasteiger partial charge in [0.05, 0.1) is 7.11 Å². The van der Waals surface area contributed by atoms with Gasteiger partial charge in [0.25, 0.3) is 0 Å². The number of nitrogens with one attached hydrogen (secondary N) is 1. The maximum Gasteiger partial charge on any atom is 0.227 e. The van der Waals surface area contributed by atoms with E-state index in [0.29, 0.717) is 39.8 Å². The second-order valence-electron chi connectivity index (χ2n) is 6.64. The van der Waals surface area contributed by atoms with Crippen molar-refractivity contribution in [2.24, 2.45) is 0 Å². The minimum atomic E-state index is -0.576. The number of methoxy groups -OCH3 is 1. The molecule has 0 unspecified atom stereocenters. The van der Waals surface area contributed by atoms with Crippen LogP contribution in [0.2, 0.25) is 0 Å². The Hall–Kier alpha value is -4.20. The number of phenolic OH excluding ortho intramolecular Hbond substituents is 2. The summed E-state index contributed by atoms with van der Waals surface area (Å²) in [6, 6.07) is 12.5. The van der Waals surface area contributed by atoms with Crippen molar-refractivity contribution in [3.8, 4) is 57.1 Å². The first kappa shape index (κ1) is 19.1. The topological polar surface area (TPSA) is 129 Å². The van der Waals surface area contributed by atoms with Crippen LogP contribution in [0, 0.1) is 6.92 Å². The molecule has 0 atom stereocenters. The molecule has 0 bridgehead atoms. The van der Waals surface area contributed by atoms with Gasteiger partial charge in [0.15, 0.2) is 17.3 Å². The molecule has 2 heterocycles. The molecule has 0 amide bonds. The van der Waals surface area contributed by atoms with Crippen molar-refractivity contribution in [1.82, 2.24) is 9.97 Å². The average Bonchev–Trinajstić information content (AvgIpc) is 3.18. The van der Waals surface area contributed by atoms with Crippen LogP contribution in [0.1, 0.15) is 5.76 Å². The zero-order valence-electron chi connectivity index (χ0n) is 16.1. The van der Waals surface area contributed by atoms with Gasteiger partial charge < -0.3 is 29.5 Å². The first-order valence-corrected chi connectivity index (χ1v) is 8.98. The molecule has 0 saturated carbocycles. The van der Waals surface area contributed by atoms with Crippen LogP contribution in [0.15, 0.2) is 57.7 Å². The number of rotatable bonds is 4. The summed E-state index contributed by atoms with van der Waals surface area (Å²) in [7, 11) is 1.56. The summed E-state index contributed by atoms with van der Waals surface area (Å²) in [5.41, 5.74) is 1.30. The summed E-state index contributed by atoms with van der Waals surface area (Å²) < 4.78 is 10.8. The molecule has 8 heteroatoms. The fourth-order valence-electron chi connectivity index (χ4n) is 3.08. The number of imidazole rings is 1. The minimum absolute atomic E-state index is 0.0485. The van der Waals surface area contributed by atoms with E-state index < -0.39 is 11.2 Å². The molecule has 30 heavy (non-hydrogen) atoms. The summed E-state index contributed by atoms with van der Waals surface area (Å²) in [6.45, 7) is 1.60.